The number of nitrogens with zero attached hydrogens (tertiary/aromatic N) is 3. The quantitative estimate of drug-likeness (QED) is 0.721. The molecule has 0 spiro atoms. The summed E-state index contributed by atoms with van der Waals surface area (Å²) in [5.74, 6) is 0.834. The van der Waals surface area contributed by atoms with E-state index in [0.717, 1.165) is 35.3 Å². The number of likely N-dealkylation sites (N-methyl/N-ethyl adjacent to an activating group) is 1. The SMILES string of the molecule is COc1ccc2c(N(C)CCc3ccncc3)cc(C)nc2c1. The zero-order chi connectivity index (χ0) is 16.2. The maximum atomic E-state index is 5.31. The summed E-state index contributed by atoms with van der Waals surface area (Å²) in [6.07, 6.45) is 4.67. The standard InChI is InChI=1S/C19H21N3O/c1-14-12-19(17-5-4-16(23-3)13-18(17)21-14)22(2)11-8-15-6-9-20-10-7-15/h4-7,9-10,12-13H,8,11H2,1-3H3. The van der Waals surface area contributed by atoms with Gasteiger partial charge in [0.15, 0.2) is 0 Å². The van der Waals surface area contributed by atoms with Gasteiger partial charge in [-0.15, -0.1) is 0 Å². The average molecular weight is 307 g/mol. The lowest BCUT2D eigenvalue weighted by Gasteiger charge is -2.22. The molecule has 3 aromatic rings. The predicted octanol–water partition coefficient (Wildman–Crippen LogP) is 3.63. The third-order valence-electron chi connectivity index (χ3n) is 4.02. The first-order chi connectivity index (χ1) is 11.2. The van der Waals surface area contributed by atoms with Crippen LogP contribution in [0.1, 0.15) is 11.3 Å². The van der Waals surface area contributed by atoms with E-state index in [1.54, 1.807) is 7.11 Å². The first-order valence-corrected chi connectivity index (χ1v) is 7.73. The third-order valence-corrected chi connectivity index (χ3v) is 4.02. The number of aryl methyl sites for hydroxylation is 1. The van der Waals surface area contributed by atoms with Crippen LogP contribution in [0.5, 0.6) is 5.75 Å². The molecule has 0 bridgehead atoms. The maximum absolute atomic E-state index is 5.31. The Morgan fingerprint density at radius 3 is 2.61 bits per heavy atom. The fourth-order valence-corrected chi connectivity index (χ4v) is 2.73. The lowest BCUT2D eigenvalue weighted by Crippen LogP contribution is -2.21. The Kier molecular flexibility index (Phi) is 4.42. The van der Waals surface area contributed by atoms with E-state index in [1.165, 1.54) is 11.3 Å². The lowest BCUT2D eigenvalue weighted by atomic mass is 10.1. The smallest absolute Gasteiger partial charge is 0.121 e. The minimum absolute atomic E-state index is 0.834. The minimum atomic E-state index is 0.834. The van der Waals surface area contributed by atoms with Crippen LogP contribution in [0.25, 0.3) is 10.9 Å². The van der Waals surface area contributed by atoms with Crippen molar-refractivity contribution in [1.29, 1.82) is 0 Å². The number of benzene rings is 1. The Morgan fingerprint density at radius 2 is 1.87 bits per heavy atom. The van der Waals surface area contributed by atoms with E-state index in [4.69, 9.17) is 4.74 Å². The van der Waals surface area contributed by atoms with Crippen LogP contribution in [0.2, 0.25) is 0 Å². The summed E-state index contributed by atoms with van der Waals surface area (Å²) in [4.78, 5) is 11.0. The van der Waals surface area contributed by atoms with E-state index in [9.17, 15) is 0 Å². The van der Waals surface area contributed by atoms with Gasteiger partial charge in [0.05, 0.1) is 12.6 Å². The molecule has 23 heavy (non-hydrogen) atoms. The van der Waals surface area contributed by atoms with Crippen LogP contribution in [-0.2, 0) is 6.42 Å². The minimum Gasteiger partial charge on any atom is -0.497 e. The molecule has 0 amide bonds. The molecule has 0 saturated heterocycles. The van der Waals surface area contributed by atoms with Crippen LogP contribution in [0.3, 0.4) is 0 Å². The first kappa shape index (κ1) is 15.3. The number of anilines is 1. The van der Waals surface area contributed by atoms with Crippen LogP contribution in [0.15, 0.2) is 48.8 Å². The second kappa shape index (κ2) is 6.65. The molecule has 0 aliphatic heterocycles. The molecule has 0 atom stereocenters. The highest BCUT2D eigenvalue weighted by Gasteiger charge is 2.09. The molecular weight excluding hydrogens is 286 g/mol. The Labute approximate surface area is 136 Å². The van der Waals surface area contributed by atoms with Crippen LogP contribution < -0.4 is 9.64 Å². The van der Waals surface area contributed by atoms with Gasteiger partial charge in [-0.2, -0.15) is 0 Å². The molecule has 0 aliphatic rings. The fraction of sp³-hybridized carbons (Fsp3) is 0.263. The lowest BCUT2D eigenvalue weighted by molar-refractivity contribution is 0.415. The first-order valence-electron chi connectivity index (χ1n) is 7.73. The van der Waals surface area contributed by atoms with Gasteiger partial charge in [-0.1, -0.05) is 0 Å². The Hall–Kier alpha value is -2.62. The molecule has 0 fully saturated rings. The van der Waals surface area contributed by atoms with E-state index in [0.29, 0.717) is 0 Å². The zero-order valence-corrected chi connectivity index (χ0v) is 13.8. The summed E-state index contributed by atoms with van der Waals surface area (Å²) in [7, 11) is 3.80. The van der Waals surface area contributed by atoms with Crippen LogP contribution in [0.4, 0.5) is 5.69 Å². The number of fused-ring (bicyclic) bond motifs is 1. The molecule has 0 N–H and O–H groups in total. The predicted molar refractivity (Wildman–Crippen MR) is 94.2 cm³/mol. The highest BCUT2D eigenvalue weighted by atomic mass is 16.5. The number of hydrogen-bond donors (Lipinski definition) is 0. The molecule has 0 radical (unpaired) electrons. The zero-order valence-electron chi connectivity index (χ0n) is 13.8. The monoisotopic (exact) mass is 307 g/mol. The van der Waals surface area contributed by atoms with Gasteiger partial charge >= 0.3 is 0 Å². The van der Waals surface area contributed by atoms with Gasteiger partial charge in [0.25, 0.3) is 0 Å². The van der Waals surface area contributed by atoms with E-state index in [2.05, 4.69) is 46.2 Å². The Morgan fingerprint density at radius 1 is 1.09 bits per heavy atom. The average Bonchev–Trinajstić information content (AvgIpc) is 2.59. The molecule has 2 heterocycles. The Bertz CT molecular complexity index is 802. The van der Waals surface area contributed by atoms with Gasteiger partial charge < -0.3 is 9.64 Å². The van der Waals surface area contributed by atoms with Crippen molar-refractivity contribution in [3.63, 3.8) is 0 Å². The van der Waals surface area contributed by atoms with Gasteiger partial charge in [-0.25, -0.2) is 0 Å². The molecule has 0 saturated carbocycles. The largest absolute Gasteiger partial charge is 0.497 e. The van der Waals surface area contributed by atoms with Gasteiger partial charge in [-0.3, -0.25) is 9.97 Å². The second-order valence-electron chi connectivity index (χ2n) is 5.69. The molecule has 1 aromatic carbocycles. The number of aromatic nitrogens is 2. The molecule has 0 unspecified atom stereocenters. The van der Waals surface area contributed by atoms with Gasteiger partial charge in [0.2, 0.25) is 0 Å². The van der Waals surface area contributed by atoms with Crippen molar-refractivity contribution in [3.8, 4) is 5.75 Å². The fourth-order valence-electron chi connectivity index (χ4n) is 2.73. The summed E-state index contributed by atoms with van der Waals surface area (Å²) in [6.45, 7) is 2.97. The van der Waals surface area contributed by atoms with Crippen molar-refractivity contribution in [2.24, 2.45) is 0 Å². The van der Waals surface area contributed by atoms with Crippen molar-refractivity contribution in [2.45, 2.75) is 13.3 Å². The summed E-state index contributed by atoms with van der Waals surface area (Å²) < 4.78 is 5.31. The topological polar surface area (TPSA) is 38.2 Å². The van der Waals surface area contributed by atoms with E-state index in [-0.39, 0.29) is 0 Å². The summed E-state index contributed by atoms with van der Waals surface area (Å²) >= 11 is 0. The van der Waals surface area contributed by atoms with E-state index in [1.807, 2.05) is 31.5 Å². The molecule has 0 aliphatic carbocycles. The van der Waals surface area contributed by atoms with Crippen molar-refractivity contribution in [3.05, 3.63) is 60.0 Å². The van der Waals surface area contributed by atoms with Crippen LogP contribution in [0, 0.1) is 6.92 Å². The number of rotatable bonds is 5. The van der Waals surface area contributed by atoms with Gasteiger partial charge in [-0.05, 0) is 49.2 Å². The maximum Gasteiger partial charge on any atom is 0.121 e. The molecular formula is C19H21N3O. The number of pyridine rings is 2. The number of methoxy groups -OCH3 is 1. The Balaban J connectivity index is 1.88. The van der Waals surface area contributed by atoms with Crippen molar-refractivity contribution in [1.82, 2.24) is 9.97 Å². The van der Waals surface area contributed by atoms with E-state index >= 15 is 0 Å². The van der Waals surface area contributed by atoms with Crippen molar-refractivity contribution >= 4 is 16.6 Å². The number of hydrogen-bond acceptors (Lipinski definition) is 4. The van der Waals surface area contributed by atoms with Gasteiger partial charge in [0.1, 0.15) is 5.75 Å². The van der Waals surface area contributed by atoms with Gasteiger partial charge in [0, 0.05) is 48.8 Å². The summed E-state index contributed by atoms with van der Waals surface area (Å²) in [6, 6.07) is 12.3. The molecule has 3 rings (SSSR count). The van der Waals surface area contributed by atoms with Crippen molar-refractivity contribution < 1.29 is 4.74 Å². The highest BCUT2D eigenvalue weighted by molar-refractivity contribution is 5.92. The summed E-state index contributed by atoms with van der Waals surface area (Å²) in [5, 5.41) is 1.15. The molecule has 4 heteroatoms. The number of ether oxygens (including phenoxy) is 1. The summed E-state index contributed by atoms with van der Waals surface area (Å²) in [5.41, 5.74) is 4.47. The second-order valence-corrected chi connectivity index (χ2v) is 5.69. The van der Waals surface area contributed by atoms with Crippen LogP contribution in [-0.4, -0.2) is 30.7 Å². The van der Waals surface area contributed by atoms with Crippen LogP contribution >= 0.6 is 0 Å². The highest BCUT2D eigenvalue weighted by Crippen LogP contribution is 2.29. The molecule has 4 nitrogen and oxygen atoms in total. The third kappa shape index (κ3) is 3.42. The van der Waals surface area contributed by atoms with E-state index < -0.39 is 0 Å². The molecule has 118 valence electrons. The molecule has 2 aromatic heterocycles. The normalized spacial score (nSPS) is 10.7. The van der Waals surface area contributed by atoms with Crippen molar-refractivity contribution in [2.75, 3.05) is 25.6 Å².